The minimum atomic E-state index is 0.303. The fraction of sp³-hybridized carbons (Fsp3) is 0.462. The Bertz CT molecular complexity index is 318. The van der Waals surface area contributed by atoms with Crippen LogP contribution in [0.1, 0.15) is 41.6 Å². The van der Waals surface area contributed by atoms with Crippen LogP contribution in [-0.2, 0) is 0 Å². The summed E-state index contributed by atoms with van der Waals surface area (Å²) in [5.74, 6) is 0.653. The molecule has 14 heavy (non-hydrogen) atoms. The van der Waals surface area contributed by atoms with Crippen LogP contribution in [0.4, 0.5) is 0 Å². The highest BCUT2D eigenvalue weighted by atomic mass is 16.1. The van der Waals surface area contributed by atoms with Crippen LogP contribution < -0.4 is 0 Å². The lowest BCUT2D eigenvalue weighted by Crippen LogP contribution is -2.10. The normalized spacial score (nSPS) is 17.2. The summed E-state index contributed by atoms with van der Waals surface area (Å²) in [4.78, 5) is 12.0. The van der Waals surface area contributed by atoms with Crippen molar-refractivity contribution in [3.05, 3.63) is 35.4 Å². The smallest absolute Gasteiger partial charge is 0.165 e. The van der Waals surface area contributed by atoms with Gasteiger partial charge >= 0.3 is 0 Å². The third-order valence-electron chi connectivity index (χ3n) is 3.06. The SMILES string of the molecule is Cc1ccc(C(=O)C2CCCC2)cc1. The molecule has 0 aromatic heterocycles. The van der Waals surface area contributed by atoms with Crippen molar-refractivity contribution in [3.8, 4) is 0 Å². The Kier molecular flexibility index (Phi) is 2.67. The largest absolute Gasteiger partial charge is 0.294 e. The molecule has 1 aromatic rings. The van der Waals surface area contributed by atoms with Gasteiger partial charge in [-0.2, -0.15) is 0 Å². The van der Waals surface area contributed by atoms with Gasteiger partial charge in [-0.25, -0.2) is 0 Å². The summed E-state index contributed by atoms with van der Waals surface area (Å²) in [7, 11) is 0. The Balaban J connectivity index is 2.14. The van der Waals surface area contributed by atoms with Crippen molar-refractivity contribution in [2.75, 3.05) is 0 Å². The Hall–Kier alpha value is -1.11. The van der Waals surface area contributed by atoms with Crippen molar-refractivity contribution in [1.29, 1.82) is 0 Å². The number of rotatable bonds is 2. The highest BCUT2D eigenvalue weighted by Crippen LogP contribution is 2.27. The van der Waals surface area contributed by atoms with Gasteiger partial charge in [0, 0.05) is 11.5 Å². The average molecular weight is 188 g/mol. The summed E-state index contributed by atoms with van der Waals surface area (Å²) in [5, 5.41) is 0. The zero-order valence-corrected chi connectivity index (χ0v) is 8.62. The summed E-state index contributed by atoms with van der Waals surface area (Å²) in [6.45, 7) is 2.05. The van der Waals surface area contributed by atoms with Gasteiger partial charge in [0.05, 0.1) is 0 Å². The second kappa shape index (κ2) is 3.95. The van der Waals surface area contributed by atoms with Crippen LogP contribution >= 0.6 is 0 Å². The molecule has 0 amide bonds. The molecule has 1 aromatic carbocycles. The van der Waals surface area contributed by atoms with Crippen LogP contribution in [0.15, 0.2) is 24.3 Å². The topological polar surface area (TPSA) is 17.1 Å². The van der Waals surface area contributed by atoms with E-state index in [9.17, 15) is 4.79 Å². The molecule has 0 heterocycles. The minimum Gasteiger partial charge on any atom is -0.294 e. The van der Waals surface area contributed by atoms with Gasteiger partial charge in [0.25, 0.3) is 0 Å². The highest BCUT2D eigenvalue weighted by molar-refractivity contribution is 5.97. The molecular weight excluding hydrogens is 172 g/mol. The van der Waals surface area contributed by atoms with E-state index in [1.165, 1.54) is 18.4 Å². The van der Waals surface area contributed by atoms with Gasteiger partial charge < -0.3 is 0 Å². The molecule has 0 saturated heterocycles. The van der Waals surface area contributed by atoms with Crippen molar-refractivity contribution >= 4 is 5.78 Å². The van der Waals surface area contributed by atoms with Crippen LogP contribution in [0.5, 0.6) is 0 Å². The predicted molar refractivity (Wildman–Crippen MR) is 57.5 cm³/mol. The van der Waals surface area contributed by atoms with E-state index in [1.54, 1.807) is 0 Å². The van der Waals surface area contributed by atoms with Gasteiger partial charge in [-0.05, 0) is 19.8 Å². The van der Waals surface area contributed by atoms with Crippen molar-refractivity contribution < 1.29 is 4.79 Å². The monoisotopic (exact) mass is 188 g/mol. The van der Waals surface area contributed by atoms with E-state index in [0.29, 0.717) is 11.7 Å². The molecule has 2 rings (SSSR count). The molecule has 1 fully saturated rings. The lowest BCUT2D eigenvalue weighted by Gasteiger charge is -2.07. The standard InChI is InChI=1S/C13H16O/c1-10-6-8-12(9-7-10)13(14)11-4-2-3-5-11/h6-9,11H,2-5H2,1H3. The summed E-state index contributed by atoms with van der Waals surface area (Å²) >= 11 is 0. The third-order valence-corrected chi connectivity index (χ3v) is 3.06. The van der Waals surface area contributed by atoms with Crippen molar-refractivity contribution in [2.24, 2.45) is 5.92 Å². The van der Waals surface area contributed by atoms with Gasteiger partial charge in [0.2, 0.25) is 0 Å². The fourth-order valence-corrected chi connectivity index (χ4v) is 2.14. The van der Waals surface area contributed by atoms with Gasteiger partial charge in [-0.15, -0.1) is 0 Å². The molecule has 74 valence electrons. The van der Waals surface area contributed by atoms with E-state index in [0.717, 1.165) is 18.4 Å². The molecule has 0 radical (unpaired) electrons. The number of carbonyl (C=O) groups is 1. The average Bonchev–Trinajstić information content (AvgIpc) is 2.71. The first-order valence-corrected chi connectivity index (χ1v) is 5.38. The van der Waals surface area contributed by atoms with E-state index < -0.39 is 0 Å². The van der Waals surface area contributed by atoms with Gasteiger partial charge in [0.1, 0.15) is 0 Å². The number of hydrogen-bond donors (Lipinski definition) is 0. The van der Waals surface area contributed by atoms with Gasteiger partial charge in [-0.3, -0.25) is 4.79 Å². The summed E-state index contributed by atoms with van der Waals surface area (Å²) in [6.07, 6.45) is 4.63. The Labute approximate surface area is 85.1 Å². The van der Waals surface area contributed by atoms with Gasteiger partial charge in [0.15, 0.2) is 5.78 Å². The van der Waals surface area contributed by atoms with E-state index >= 15 is 0 Å². The molecule has 1 nitrogen and oxygen atoms in total. The number of Topliss-reactive ketones (excluding diaryl/α,β-unsaturated/α-hetero) is 1. The van der Waals surface area contributed by atoms with Crippen molar-refractivity contribution in [2.45, 2.75) is 32.6 Å². The lowest BCUT2D eigenvalue weighted by molar-refractivity contribution is 0.0923. The molecular formula is C13H16O. The molecule has 1 aliphatic rings. The van der Waals surface area contributed by atoms with E-state index in [2.05, 4.69) is 0 Å². The number of carbonyl (C=O) groups excluding carboxylic acids is 1. The van der Waals surface area contributed by atoms with Crippen LogP contribution in [0, 0.1) is 12.8 Å². The zero-order chi connectivity index (χ0) is 9.97. The van der Waals surface area contributed by atoms with Crippen LogP contribution in [0.2, 0.25) is 0 Å². The second-order valence-corrected chi connectivity index (χ2v) is 4.21. The first kappa shape index (κ1) is 9.45. The molecule has 1 saturated carbocycles. The highest BCUT2D eigenvalue weighted by Gasteiger charge is 2.23. The Morgan fingerprint density at radius 2 is 1.71 bits per heavy atom. The fourth-order valence-electron chi connectivity index (χ4n) is 2.14. The summed E-state index contributed by atoms with van der Waals surface area (Å²) in [6, 6.07) is 7.94. The first-order chi connectivity index (χ1) is 6.77. The number of ketones is 1. The quantitative estimate of drug-likeness (QED) is 0.650. The maximum atomic E-state index is 12.0. The second-order valence-electron chi connectivity index (χ2n) is 4.21. The molecule has 0 N–H and O–H groups in total. The van der Waals surface area contributed by atoms with E-state index in [1.807, 2.05) is 31.2 Å². The van der Waals surface area contributed by atoms with E-state index in [4.69, 9.17) is 0 Å². The molecule has 0 bridgehead atoms. The number of aryl methyl sites for hydroxylation is 1. The summed E-state index contributed by atoms with van der Waals surface area (Å²) < 4.78 is 0. The number of benzene rings is 1. The van der Waals surface area contributed by atoms with Crippen LogP contribution in [0.25, 0.3) is 0 Å². The summed E-state index contributed by atoms with van der Waals surface area (Å²) in [5.41, 5.74) is 2.11. The Morgan fingerprint density at radius 1 is 1.14 bits per heavy atom. The maximum absolute atomic E-state index is 12.0. The molecule has 0 unspecified atom stereocenters. The molecule has 1 aliphatic carbocycles. The zero-order valence-electron chi connectivity index (χ0n) is 8.62. The van der Waals surface area contributed by atoms with Crippen molar-refractivity contribution in [3.63, 3.8) is 0 Å². The van der Waals surface area contributed by atoms with E-state index in [-0.39, 0.29) is 0 Å². The Morgan fingerprint density at radius 3 is 2.29 bits per heavy atom. The predicted octanol–water partition coefficient (Wildman–Crippen LogP) is 3.37. The van der Waals surface area contributed by atoms with Crippen LogP contribution in [0.3, 0.4) is 0 Å². The molecule has 0 atom stereocenters. The number of hydrogen-bond acceptors (Lipinski definition) is 1. The minimum absolute atomic E-state index is 0.303. The van der Waals surface area contributed by atoms with Crippen molar-refractivity contribution in [1.82, 2.24) is 0 Å². The maximum Gasteiger partial charge on any atom is 0.165 e. The third kappa shape index (κ3) is 1.87. The lowest BCUT2D eigenvalue weighted by atomic mass is 9.96. The molecule has 0 aliphatic heterocycles. The van der Waals surface area contributed by atoms with Crippen LogP contribution in [-0.4, -0.2) is 5.78 Å². The molecule has 1 heteroatoms. The first-order valence-electron chi connectivity index (χ1n) is 5.38. The van der Waals surface area contributed by atoms with Gasteiger partial charge in [-0.1, -0.05) is 42.7 Å². The molecule has 0 spiro atoms.